The molecule has 1 fully saturated rings. The molecule has 1 amide bonds. The summed E-state index contributed by atoms with van der Waals surface area (Å²) in [5.74, 6) is 0.682. The van der Waals surface area contributed by atoms with Crippen molar-refractivity contribution in [3.8, 4) is 11.1 Å². The maximum atomic E-state index is 12.4. The Hall–Kier alpha value is -2.18. The minimum Gasteiger partial charge on any atom is -0.352 e. The van der Waals surface area contributed by atoms with E-state index in [-0.39, 0.29) is 16.7 Å². The van der Waals surface area contributed by atoms with E-state index in [0.29, 0.717) is 18.0 Å². The van der Waals surface area contributed by atoms with Gasteiger partial charge in [0.15, 0.2) is 0 Å². The van der Waals surface area contributed by atoms with Crippen molar-refractivity contribution in [2.75, 3.05) is 0 Å². The number of sulfonamides is 1. The number of carbonyl (C=O) groups excluding carboxylic acids is 1. The molecule has 0 radical (unpaired) electrons. The Morgan fingerprint density at radius 3 is 2.41 bits per heavy atom. The third kappa shape index (κ3) is 4.76. The van der Waals surface area contributed by atoms with Gasteiger partial charge in [0.05, 0.1) is 4.90 Å². The molecule has 0 heterocycles. The van der Waals surface area contributed by atoms with Gasteiger partial charge in [-0.1, -0.05) is 62.2 Å². The zero-order chi connectivity index (χ0) is 19.4. The van der Waals surface area contributed by atoms with Gasteiger partial charge in [0, 0.05) is 18.0 Å². The lowest BCUT2D eigenvalue weighted by Gasteiger charge is -2.27. The van der Waals surface area contributed by atoms with Crippen LogP contribution in [0.25, 0.3) is 11.1 Å². The predicted octanol–water partition coefficient (Wildman–Crippen LogP) is 3.44. The number of nitrogens with one attached hydrogen (secondary N) is 1. The molecule has 3 N–H and O–H groups in total. The lowest BCUT2D eigenvalue weighted by atomic mass is 9.80. The van der Waals surface area contributed by atoms with Crippen LogP contribution in [0, 0.1) is 11.8 Å². The highest BCUT2D eigenvalue weighted by Gasteiger charge is 2.27. The molecule has 0 spiro atoms. The molecule has 1 saturated carbocycles. The van der Waals surface area contributed by atoms with Gasteiger partial charge in [0.1, 0.15) is 0 Å². The molecule has 2 atom stereocenters. The highest BCUT2D eigenvalue weighted by Crippen LogP contribution is 2.30. The molecule has 1 unspecified atom stereocenters. The SMILES string of the molecule is C[C@@H]1CCCCC1C(=O)NCc1ccc(-c2ccccc2S(N)(=O)=O)cc1. The molecule has 6 heteroatoms. The summed E-state index contributed by atoms with van der Waals surface area (Å²) in [4.78, 5) is 12.5. The average molecular weight is 387 g/mol. The summed E-state index contributed by atoms with van der Waals surface area (Å²) in [7, 11) is -3.79. The Morgan fingerprint density at radius 2 is 1.74 bits per heavy atom. The summed E-state index contributed by atoms with van der Waals surface area (Å²) in [5.41, 5.74) is 2.32. The van der Waals surface area contributed by atoms with Crippen molar-refractivity contribution in [2.24, 2.45) is 17.0 Å². The summed E-state index contributed by atoms with van der Waals surface area (Å²) < 4.78 is 23.6. The number of hydrogen-bond donors (Lipinski definition) is 2. The van der Waals surface area contributed by atoms with Crippen LogP contribution in [0.1, 0.15) is 38.2 Å². The van der Waals surface area contributed by atoms with Gasteiger partial charge in [0.25, 0.3) is 0 Å². The van der Waals surface area contributed by atoms with Gasteiger partial charge in [-0.2, -0.15) is 0 Å². The minimum absolute atomic E-state index is 0.109. The van der Waals surface area contributed by atoms with Gasteiger partial charge in [-0.15, -0.1) is 0 Å². The number of rotatable bonds is 5. The second-order valence-corrected chi connectivity index (χ2v) is 8.85. The number of amides is 1. The molecule has 0 bridgehead atoms. The molecule has 1 aliphatic rings. The van der Waals surface area contributed by atoms with Gasteiger partial charge in [0.2, 0.25) is 15.9 Å². The summed E-state index contributed by atoms with van der Waals surface area (Å²) in [6.07, 6.45) is 4.43. The molecule has 5 nitrogen and oxygen atoms in total. The fourth-order valence-electron chi connectivity index (χ4n) is 3.78. The van der Waals surface area contributed by atoms with Crippen LogP contribution in [0.2, 0.25) is 0 Å². The smallest absolute Gasteiger partial charge is 0.238 e. The minimum atomic E-state index is -3.79. The molecule has 2 aromatic rings. The molecule has 0 aromatic heterocycles. The Kier molecular flexibility index (Phi) is 5.97. The predicted molar refractivity (Wildman–Crippen MR) is 106 cm³/mol. The van der Waals surface area contributed by atoms with Crippen LogP contribution in [0.5, 0.6) is 0 Å². The Bertz CT molecular complexity index is 907. The van der Waals surface area contributed by atoms with Crippen LogP contribution in [0.4, 0.5) is 0 Å². The average Bonchev–Trinajstić information content (AvgIpc) is 2.66. The topological polar surface area (TPSA) is 89.3 Å². The standard InChI is InChI=1S/C21H26N2O3S/c1-15-6-2-3-7-18(15)21(24)23-14-16-10-12-17(13-11-16)19-8-4-5-9-20(19)27(22,25)26/h4-5,8-13,15,18H,2-3,6-7,14H2,1H3,(H,23,24)(H2,22,25,26)/t15-,18?/m1/s1. The van der Waals surface area contributed by atoms with Gasteiger partial charge in [-0.05, 0) is 36.0 Å². The third-order valence-corrected chi connectivity index (χ3v) is 6.34. The van der Waals surface area contributed by atoms with Crippen LogP contribution in [0.15, 0.2) is 53.4 Å². The monoisotopic (exact) mass is 386 g/mol. The van der Waals surface area contributed by atoms with Gasteiger partial charge in [-0.25, -0.2) is 13.6 Å². The first-order valence-corrected chi connectivity index (χ1v) is 10.9. The lowest BCUT2D eigenvalue weighted by Crippen LogP contribution is -2.35. The van der Waals surface area contributed by atoms with Gasteiger partial charge in [-0.3, -0.25) is 4.79 Å². The first-order valence-electron chi connectivity index (χ1n) is 9.35. The highest BCUT2D eigenvalue weighted by molar-refractivity contribution is 7.89. The van der Waals surface area contributed by atoms with Crippen molar-refractivity contribution in [3.05, 3.63) is 54.1 Å². The van der Waals surface area contributed by atoms with E-state index in [4.69, 9.17) is 5.14 Å². The number of nitrogens with two attached hydrogens (primary N) is 1. The number of primary sulfonamides is 1. The summed E-state index contributed by atoms with van der Waals surface area (Å²) in [5, 5.41) is 8.35. The molecule has 27 heavy (non-hydrogen) atoms. The van der Waals surface area contributed by atoms with Crippen molar-refractivity contribution < 1.29 is 13.2 Å². The van der Waals surface area contributed by atoms with Crippen LogP contribution in [-0.4, -0.2) is 14.3 Å². The van der Waals surface area contributed by atoms with Crippen LogP contribution in [0.3, 0.4) is 0 Å². The molecule has 144 valence electrons. The maximum absolute atomic E-state index is 12.4. The van der Waals surface area contributed by atoms with Gasteiger partial charge < -0.3 is 5.32 Å². The first kappa shape index (κ1) is 19.6. The molecular weight excluding hydrogens is 360 g/mol. The third-order valence-electron chi connectivity index (χ3n) is 5.37. The normalized spacial score (nSPS) is 20.2. The maximum Gasteiger partial charge on any atom is 0.238 e. The van der Waals surface area contributed by atoms with Crippen molar-refractivity contribution in [1.82, 2.24) is 5.32 Å². The summed E-state index contributed by atoms with van der Waals surface area (Å²) in [6.45, 7) is 2.63. The van der Waals surface area contributed by atoms with Crippen molar-refractivity contribution >= 4 is 15.9 Å². The van der Waals surface area contributed by atoms with Crippen LogP contribution in [-0.2, 0) is 21.4 Å². The quantitative estimate of drug-likeness (QED) is 0.825. The second-order valence-electron chi connectivity index (χ2n) is 7.32. The lowest BCUT2D eigenvalue weighted by molar-refractivity contribution is -0.127. The fourth-order valence-corrected chi connectivity index (χ4v) is 4.54. The molecule has 0 saturated heterocycles. The summed E-state index contributed by atoms with van der Waals surface area (Å²) >= 11 is 0. The number of carbonyl (C=O) groups is 1. The Labute approximate surface area is 161 Å². The summed E-state index contributed by atoms with van der Waals surface area (Å²) in [6, 6.07) is 14.2. The van der Waals surface area contributed by atoms with E-state index < -0.39 is 10.0 Å². The first-order chi connectivity index (χ1) is 12.9. The molecular formula is C21H26N2O3S. The zero-order valence-corrected chi connectivity index (χ0v) is 16.3. The van der Waals surface area contributed by atoms with E-state index in [1.807, 2.05) is 24.3 Å². The second kappa shape index (κ2) is 8.23. The fraction of sp³-hybridized carbons (Fsp3) is 0.381. The Morgan fingerprint density at radius 1 is 1.07 bits per heavy atom. The van der Waals surface area contributed by atoms with Crippen molar-refractivity contribution in [1.29, 1.82) is 0 Å². The van der Waals surface area contributed by atoms with E-state index in [1.165, 1.54) is 12.5 Å². The highest BCUT2D eigenvalue weighted by atomic mass is 32.2. The zero-order valence-electron chi connectivity index (χ0n) is 15.5. The largest absolute Gasteiger partial charge is 0.352 e. The van der Waals surface area contributed by atoms with Gasteiger partial charge >= 0.3 is 0 Å². The van der Waals surface area contributed by atoms with Crippen molar-refractivity contribution in [3.63, 3.8) is 0 Å². The molecule has 1 aliphatic carbocycles. The van der Waals surface area contributed by atoms with E-state index in [2.05, 4.69) is 12.2 Å². The van der Waals surface area contributed by atoms with Crippen LogP contribution >= 0.6 is 0 Å². The van der Waals surface area contributed by atoms with E-state index in [0.717, 1.165) is 30.4 Å². The Balaban J connectivity index is 1.69. The molecule has 0 aliphatic heterocycles. The van der Waals surface area contributed by atoms with E-state index in [9.17, 15) is 13.2 Å². The van der Waals surface area contributed by atoms with E-state index >= 15 is 0 Å². The molecule has 3 rings (SSSR count). The number of hydrogen-bond acceptors (Lipinski definition) is 3. The number of benzene rings is 2. The van der Waals surface area contributed by atoms with E-state index in [1.54, 1.807) is 18.2 Å². The van der Waals surface area contributed by atoms with Crippen molar-refractivity contribution in [2.45, 2.75) is 44.0 Å². The molecule has 2 aromatic carbocycles. The van der Waals surface area contributed by atoms with Crippen LogP contribution < -0.4 is 10.5 Å².